The third-order valence-electron chi connectivity index (χ3n) is 4.07. The molecule has 3 unspecified atom stereocenters. The first-order valence-corrected chi connectivity index (χ1v) is 6.92. The van der Waals surface area contributed by atoms with Gasteiger partial charge in [0.2, 0.25) is 0 Å². The van der Waals surface area contributed by atoms with Crippen LogP contribution in [0.2, 0.25) is 0 Å². The first-order valence-electron chi connectivity index (χ1n) is 6.92. The van der Waals surface area contributed by atoms with Gasteiger partial charge in [0.1, 0.15) is 35.6 Å². The van der Waals surface area contributed by atoms with Crippen molar-refractivity contribution >= 4 is 23.1 Å². The third-order valence-corrected chi connectivity index (χ3v) is 4.07. The molecular weight excluding hydrogens is 304 g/mol. The average Bonchev–Trinajstić information content (AvgIpc) is 2.97. The maximum Gasteiger partial charge on any atom is 0.167 e. The summed E-state index contributed by atoms with van der Waals surface area (Å²) in [5, 5.41) is 34.0. The number of aliphatic hydroxyl groups excluding tert-OH is 2. The third kappa shape index (κ3) is 2.23. The van der Waals surface area contributed by atoms with Gasteiger partial charge in [0.25, 0.3) is 0 Å². The molecule has 0 aliphatic carbocycles. The second kappa shape index (κ2) is 5.42. The fraction of sp³-hybridized carbons (Fsp3) is 0.462. The van der Waals surface area contributed by atoms with Gasteiger partial charge in [-0.3, -0.25) is 0 Å². The van der Waals surface area contributed by atoms with Crippen LogP contribution < -0.4 is 11.6 Å². The molecular formula is C13H18N6O4. The minimum Gasteiger partial charge on any atom is -0.394 e. The molecule has 1 aliphatic rings. The van der Waals surface area contributed by atoms with Gasteiger partial charge in [-0.15, -0.1) is 0 Å². The Morgan fingerprint density at radius 1 is 1.52 bits per heavy atom. The van der Waals surface area contributed by atoms with E-state index >= 15 is 0 Å². The molecule has 0 spiro atoms. The molecule has 0 saturated carbocycles. The molecule has 0 radical (unpaired) electrons. The fourth-order valence-electron chi connectivity index (χ4n) is 2.88. The van der Waals surface area contributed by atoms with Crippen molar-refractivity contribution in [1.29, 1.82) is 0 Å². The van der Waals surface area contributed by atoms with Gasteiger partial charge < -0.3 is 36.2 Å². The van der Waals surface area contributed by atoms with Crippen molar-refractivity contribution in [2.45, 2.75) is 31.0 Å². The number of aliphatic hydroxyl groups is 3. The number of hydrogen-bond donors (Lipinski definition) is 5. The molecule has 1 aliphatic heterocycles. The zero-order valence-corrected chi connectivity index (χ0v) is 12.4. The van der Waals surface area contributed by atoms with E-state index in [0.29, 0.717) is 16.6 Å². The number of nitrogen functional groups attached to an aromatic ring is 1. The molecule has 10 heteroatoms. The predicted octanol–water partition coefficient (Wildman–Crippen LogP) is -1.69. The molecule has 1 fully saturated rings. The fourth-order valence-corrected chi connectivity index (χ4v) is 2.88. The lowest BCUT2D eigenvalue weighted by atomic mass is 9.96. The summed E-state index contributed by atoms with van der Waals surface area (Å²) in [4.78, 5) is 8.10. The molecule has 2 aromatic rings. The molecule has 4 atom stereocenters. The Hall–Kier alpha value is -2.27. The summed E-state index contributed by atoms with van der Waals surface area (Å²) < 4.78 is 7.12. The first-order chi connectivity index (χ1) is 10.9. The molecule has 2 aromatic heterocycles. The largest absolute Gasteiger partial charge is 0.394 e. The molecule has 23 heavy (non-hydrogen) atoms. The highest BCUT2D eigenvalue weighted by Crippen LogP contribution is 2.40. The Balaban J connectivity index is 2.19. The number of ether oxygens (including phenoxy) is 1. The van der Waals surface area contributed by atoms with Crippen LogP contribution >= 0.6 is 0 Å². The van der Waals surface area contributed by atoms with E-state index in [1.807, 2.05) is 0 Å². The quantitative estimate of drug-likeness (QED) is 0.253. The minimum absolute atomic E-state index is 0.223. The number of aromatic nitrogens is 3. The minimum atomic E-state index is -1.64. The Morgan fingerprint density at radius 3 is 2.87 bits per heavy atom. The van der Waals surface area contributed by atoms with Crippen molar-refractivity contribution in [2.24, 2.45) is 10.9 Å². The zero-order valence-electron chi connectivity index (χ0n) is 12.4. The normalized spacial score (nSPS) is 31.4. The van der Waals surface area contributed by atoms with Gasteiger partial charge in [-0.2, -0.15) is 5.10 Å². The Morgan fingerprint density at radius 2 is 2.26 bits per heavy atom. The molecule has 10 nitrogen and oxygen atoms in total. The average molecular weight is 322 g/mol. The highest BCUT2D eigenvalue weighted by Gasteiger charge is 2.53. The number of hydrazone groups is 1. The lowest BCUT2D eigenvalue weighted by Crippen LogP contribution is -2.44. The van der Waals surface area contributed by atoms with E-state index in [4.69, 9.17) is 16.3 Å². The summed E-state index contributed by atoms with van der Waals surface area (Å²) in [6.07, 6.45) is 1.09. The van der Waals surface area contributed by atoms with Crippen LogP contribution in [-0.2, 0) is 4.74 Å². The van der Waals surface area contributed by atoms with Gasteiger partial charge in [0, 0.05) is 11.8 Å². The lowest BCUT2D eigenvalue weighted by Gasteiger charge is -2.27. The molecule has 7 N–H and O–H groups in total. The summed E-state index contributed by atoms with van der Waals surface area (Å²) in [6.45, 7) is 0.992. The van der Waals surface area contributed by atoms with Gasteiger partial charge in [0.15, 0.2) is 6.23 Å². The maximum atomic E-state index is 10.6. The predicted molar refractivity (Wildman–Crippen MR) is 81.3 cm³/mol. The Bertz CT molecular complexity index is 758. The molecule has 3 heterocycles. The van der Waals surface area contributed by atoms with Gasteiger partial charge >= 0.3 is 0 Å². The number of nitrogens with two attached hydrogens (primary N) is 2. The molecule has 0 amide bonds. The molecule has 0 bridgehead atoms. The standard InChI is InChI=1S/C13H18N6O4/c1-13(22)9(21)7(4-20)23-12(13)19-3-6(2-18-15)8-10(14)16-5-17-11(8)19/h2-3,5,7,9,12,20-22H,4,15H2,1H3,(H2,14,16,17)/b18-2+/t7?,9?,12?,13-/m1/s1. The summed E-state index contributed by atoms with van der Waals surface area (Å²) in [5.74, 6) is 5.43. The number of rotatable bonds is 3. The summed E-state index contributed by atoms with van der Waals surface area (Å²) in [5.41, 5.74) is 5.18. The number of anilines is 1. The van der Waals surface area contributed by atoms with Crippen molar-refractivity contribution < 1.29 is 20.1 Å². The molecule has 124 valence electrons. The summed E-state index contributed by atoms with van der Waals surface area (Å²) in [6, 6.07) is 0. The summed E-state index contributed by atoms with van der Waals surface area (Å²) in [7, 11) is 0. The SMILES string of the molecule is C[C@@]1(O)C(O)C(CO)OC1n1cc(/C=N/N)c2c(N)ncnc21. The highest BCUT2D eigenvalue weighted by atomic mass is 16.6. The van der Waals surface area contributed by atoms with E-state index in [2.05, 4.69) is 15.1 Å². The monoisotopic (exact) mass is 322 g/mol. The Labute approximate surface area is 131 Å². The topological polar surface area (TPSA) is 165 Å². The van der Waals surface area contributed by atoms with Crippen LogP contribution in [0.4, 0.5) is 5.82 Å². The van der Waals surface area contributed by atoms with Crippen LogP contribution in [0, 0.1) is 0 Å². The van der Waals surface area contributed by atoms with Gasteiger partial charge in [-0.05, 0) is 6.92 Å². The van der Waals surface area contributed by atoms with Crippen LogP contribution in [-0.4, -0.2) is 60.5 Å². The van der Waals surface area contributed by atoms with Gasteiger partial charge in [-0.25, -0.2) is 9.97 Å². The molecule has 3 rings (SSSR count). The smallest absolute Gasteiger partial charge is 0.167 e. The second-order valence-corrected chi connectivity index (χ2v) is 5.61. The summed E-state index contributed by atoms with van der Waals surface area (Å²) >= 11 is 0. The van der Waals surface area contributed by atoms with Crippen LogP contribution in [0.1, 0.15) is 18.7 Å². The number of hydrogen-bond acceptors (Lipinski definition) is 9. The van der Waals surface area contributed by atoms with Crippen molar-refractivity contribution in [3.8, 4) is 0 Å². The van der Waals surface area contributed by atoms with Crippen LogP contribution in [0.25, 0.3) is 11.0 Å². The van der Waals surface area contributed by atoms with E-state index in [-0.39, 0.29) is 5.82 Å². The number of nitrogens with zero attached hydrogens (tertiary/aromatic N) is 4. The van der Waals surface area contributed by atoms with E-state index in [0.717, 1.165) is 0 Å². The maximum absolute atomic E-state index is 10.6. The zero-order chi connectivity index (χ0) is 16.8. The van der Waals surface area contributed by atoms with Gasteiger partial charge in [0.05, 0.1) is 18.2 Å². The van der Waals surface area contributed by atoms with Crippen LogP contribution in [0.5, 0.6) is 0 Å². The molecule has 0 aromatic carbocycles. The van der Waals surface area contributed by atoms with Crippen molar-refractivity contribution in [3.05, 3.63) is 18.1 Å². The van der Waals surface area contributed by atoms with E-state index in [1.165, 1.54) is 24.0 Å². The number of fused-ring (bicyclic) bond motifs is 1. The Kier molecular flexibility index (Phi) is 3.68. The second-order valence-electron chi connectivity index (χ2n) is 5.61. The molecule has 1 saturated heterocycles. The van der Waals surface area contributed by atoms with Crippen LogP contribution in [0.3, 0.4) is 0 Å². The van der Waals surface area contributed by atoms with E-state index in [9.17, 15) is 15.3 Å². The van der Waals surface area contributed by atoms with Crippen LogP contribution in [0.15, 0.2) is 17.6 Å². The van der Waals surface area contributed by atoms with E-state index in [1.54, 1.807) is 6.20 Å². The van der Waals surface area contributed by atoms with Crippen molar-refractivity contribution in [1.82, 2.24) is 14.5 Å². The lowest BCUT2D eigenvalue weighted by molar-refractivity contribution is -0.0948. The first kappa shape index (κ1) is 15.6. The highest BCUT2D eigenvalue weighted by molar-refractivity contribution is 6.02. The van der Waals surface area contributed by atoms with Gasteiger partial charge in [-0.1, -0.05) is 0 Å². The van der Waals surface area contributed by atoms with E-state index < -0.39 is 30.6 Å². The van der Waals surface area contributed by atoms with Crippen molar-refractivity contribution in [2.75, 3.05) is 12.3 Å². The van der Waals surface area contributed by atoms with Crippen molar-refractivity contribution in [3.63, 3.8) is 0 Å².